The highest BCUT2D eigenvalue weighted by molar-refractivity contribution is 4.53. The van der Waals surface area contributed by atoms with Crippen LogP contribution in [-0.4, -0.2) is 0 Å². The highest BCUT2D eigenvalue weighted by Crippen LogP contribution is 2.17. The molecule has 0 aromatic heterocycles. The molecule has 0 atom stereocenters. The Morgan fingerprint density at radius 1 is 0.222 bits per heavy atom. The van der Waals surface area contributed by atoms with Crippen LogP contribution in [0.25, 0.3) is 0 Å². The van der Waals surface area contributed by atoms with E-state index in [1.807, 2.05) is 0 Å². The number of hydrogen-bond acceptors (Lipinski definition) is 0. The van der Waals surface area contributed by atoms with Crippen molar-refractivity contribution in [2.45, 2.75) is 225 Å². The summed E-state index contributed by atoms with van der Waals surface area (Å²) in [6.45, 7) is 6.23. The van der Waals surface area contributed by atoms with Gasteiger partial charge in [-0.25, -0.2) is 0 Å². The molecule has 0 aromatic carbocycles. The summed E-state index contributed by atoms with van der Waals surface area (Å²) < 4.78 is 0. The lowest BCUT2D eigenvalue weighted by atomic mass is 10.0. The molecule has 0 heteroatoms. The Morgan fingerprint density at radius 2 is 0.361 bits per heavy atom. The summed E-state index contributed by atoms with van der Waals surface area (Å²) in [7, 11) is 0. The molecule has 0 nitrogen and oxygen atoms in total. The molecule has 0 spiro atoms. The van der Waals surface area contributed by atoms with E-state index < -0.39 is 0 Å². The first-order valence-corrected chi connectivity index (χ1v) is 17.7. The molecule has 0 aliphatic heterocycles. The van der Waals surface area contributed by atoms with Crippen LogP contribution in [0.15, 0.2) is 0 Å². The van der Waals surface area contributed by atoms with Crippen molar-refractivity contribution in [1.29, 1.82) is 0 Å². The molecule has 0 bridgehead atoms. The minimum absolute atomic E-state index is 1.12. The number of unbranched alkanes of at least 4 members (excludes halogenated alkanes) is 33. The highest BCUT2D eigenvalue weighted by atomic mass is 14.0. The maximum Gasteiger partial charge on any atom is -0.0533 e. The zero-order chi connectivity index (χ0) is 26.0. The molecule has 0 rings (SSSR count). The van der Waals surface area contributed by atoms with E-state index in [0.717, 1.165) is 6.42 Å². The molecular weight excluding hydrogens is 432 g/mol. The molecule has 36 heavy (non-hydrogen) atoms. The van der Waals surface area contributed by atoms with Crippen LogP contribution in [0.3, 0.4) is 0 Å². The van der Waals surface area contributed by atoms with Crippen molar-refractivity contribution in [3.8, 4) is 0 Å². The third-order valence-corrected chi connectivity index (χ3v) is 8.35. The second kappa shape index (κ2) is 35.0. The predicted octanol–water partition coefficient (Wildman–Crippen LogP) is 14.1. The van der Waals surface area contributed by atoms with Gasteiger partial charge in [0.1, 0.15) is 0 Å². The first-order valence-electron chi connectivity index (χ1n) is 17.7. The van der Waals surface area contributed by atoms with E-state index in [9.17, 15) is 0 Å². The molecule has 0 aromatic rings. The fraction of sp³-hybridized carbons (Fsp3) is 0.972. The number of hydrogen-bond donors (Lipinski definition) is 0. The van der Waals surface area contributed by atoms with Gasteiger partial charge < -0.3 is 0 Å². The molecule has 0 fully saturated rings. The first-order chi connectivity index (χ1) is 17.9. The maximum atomic E-state index is 3.93. The fourth-order valence-electron chi connectivity index (χ4n) is 5.73. The van der Waals surface area contributed by atoms with Crippen molar-refractivity contribution in [3.05, 3.63) is 6.92 Å². The van der Waals surface area contributed by atoms with E-state index in [1.54, 1.807) is 0 Å². The van der Waals surface area contributed by atoms with Crippen molar-refractivity contribution >= 4 is 0 Å². The van der Waals surface area contributed by atoms with Crippen LogP contribution >= 0.6 is 0 Å². The summed E-state index contributed by atoms with van der Waals surface area (Å²) >= 11 is 0. The van der Waals surface area contributed by atoms with Gasteiger partial charge in [-0.15, -0.1) is 0 Å². The van der Waals surface area contributed by atoms with Crippen molar-refractivity contribution in [2.24, 2.45) is 0 Å². The Bertz CT molecular complexity index is 312. The normalized spacial score (nSPS) is 11.5. The molecule has 0 aliphatic rings. The average Bonchev–Trinajstić information content (AvgIpc) is 2.89. The van der Waals surface area contributed by atoms with Crippen molar-refractivity contribution in [2.75, 3.05) is 0 Å². The molecular formula is C36H73. The van der Waals surface area contributed by atoms with Gasteiger partial charge in [0, 0.05) is 0 Å². The summed E-state index contributed by atoms with van der Waals surface area (Å²) in [5.74, 6) is 0. The van der Waals surface area contributed by atoms with Gasteiger partial charge in [0.05, 0.1) is 0 Å². The molecule has 0 unspecified atom stereocenters. The highest BCUT2D eigenvalue weighted by Gasteiger charge is 1.97. The molecule has 0 saturated heterocycles. The van der Waals surface area contributed by atoms with Gasteiger partial charge in [0.15, 0.2) is 0 Å². The molecule has 0 aliphatic carbocycles. The van der Waals surface area contributed by atoms with Crippen LogP contribution in [0.5, 0.6) is 0 Å². The quantitative estimate of drug-likeness (QED) is 0.0778. The summed E-state index contributed by atoms with van der Waals surface area (Å²) in [5, 5.41) is 0. The van der Waals surface area contributed by atoms with E-state index in [4.69, 9.17) is 0 Å². The number of rotatable bonds is 33. The lowest BCUT2D eigenvalue weighted by Gasteiger charge is -2.05. The van der Waals surface area contributed by atoms with Crippen LogP contribution in [0.1, 0.15) is 225 Å². The zero-order valence-electron chi connectivity index (χ0n) is 25.7. The monoisotopic (exact) mass is 506 g/mol. The van der Waals surface area contributed by atoms with E-state index in [1.165, 1.54) is 212 Å². The second-order valence-corrected chi connectivity index (χ2v) is 12.2. The topological polar surface area (TPSA) is 0 Å². The zero-order valence-corrected chi connectivity index (χ0v) is 25.7. The Morgan fingerprint density at radius 3 is 0.500 bits per heavy atom. The molecule has 0 saturated carbocycles. The van der Waals surface area contributed by atoms with Crippen LogP contribution in [0, 0.1) is 6.92 Å². The lowest BCUT2D eigenvalue weighted by Crippen LogP contribution is -1.85. The summed E-state index contributed by atoms with van der Waals surface area (Å²) in [6, 6.07) is 0. The van der Waals surface area contributed by atoms with Crippen molar-refractivity contribution in [1.82, 2.24) is 0 Å². The van der Waals surface area contributed by atoms with Gasteiger partial charge in [-0.2, -0.15) is 0 Å². The van der Waals surface area contributed by atoms with Crippen molar-refractivity contribution < 1.29 is 0 Å². The minimum atomic E-state index is 1.12. The van der Waals surface area contributed by atoms with Crippen LogP contribution in [0.2, 0.25) is 0 Å². The first kappa shape index (κ1) is 36.0. The van der Waals surface area contributed by atoms with Gasteiger partial charge in [-0.3, -0.25) is 0 Å². The Balaban J connectivity index is 3.00. The standard InChI is InChI=1S/C36H73/c1-3-5-7-9-11-13-15-17-19-21-23-25-27-29-31-33-35-36-34-32-30-28-26-24-22-20-18-16-14-12-10-8-6-4-2/h1,3-36H2,2H3. The summed E-state index contributed by atoms with van der Waals surface area (Å²) in [6.07, 6.45) is 49.8. The second-order valence-electron chi connectivity index (χ2n) is 12.2. The fourth-order valence-corrected chi connectivity index (χ4v) is 5.73. The van der Waals surface area contributed by atoms with Crippen LogP contribution in [-0.2, 0) is 0 Å². The predicted molar refractivity (Wildman–Crippen MR) is 168 cm³/mol. The van der Waals surface area contributed by atoms with Gasteiger partial charge in [0.25, 0.3) is 0 Å². The van der Waals surface area contributed by atoms with Gasteiger partial charge in [-0.05, 0) is 0 Å². The lowest BCUT2D eigenvalue weighted by molar-refractivity contribution is 0.511. The van der Waals surface area contributed by atoms with Gasteiger partial charge in [-0.1, -0.05) is 232 Å². The maximum absolute atomic E-state index is 3.93. The summed E-state index contributed by atoms with van der Waals surface area (Å²) in [5.41, 5.74) is 0. The largest absolute Gasteiger partial charge is 0.0654 e. The third kappa shape index (κ3) is 34.0. The molecule has 1 radical (unpaired) electrons. The van der Waals surface area contributed by atoms with E-state index in [2.05, 4.69) is 13.8 Å². The minimum Gasteiger partial charge on any atom is -0.0654 e. The third-order valence-electron chi connectivity index (χ3n) is 8.35. The molecule has 0 amide bonds. The Labute approximate surface area is 232 Å². The van der Waals surface area contributed by atoms with E-state index >= 15 is 0 Å². The van der Waals surface area contributed by atoms with Gasteiger partial charge >= 0.3 is 0 Å². The molecule has 217 valence electrons. The molecule has 0 heterocycles. The Kier molecular flexibility index (Phi) is 35.0. The SMILES string of the molecule is [CH2]CCCCCCCCCCCCCCCCCCCCCCCCCCCCCCCCCCC. The van der Waals surface area contributed by atoms with Crippen molar-refractivity contribution in [3.63, 3.8) is 0 Å². The molecule has 0 N–H and O–H groups in total. The van der Waals surface area contributed by atoms with Crippen LogP contribution < -0.4 is 0 Å². The van der Waals surface area contributed by atoms with E-state index in [-0.39, 0.29) is 0 Å². The summed E-state index contributed by atoms with van der Waals surface area (Å²) in [4.78, 5) is 0. The van der Waals surface area contributed by atoms with Gasteiger partial charge in [0.2, 0.25) is 0 Å². The average molecular weight is 506 g/mol. The van der Waals surface area contributed by atoms with Crippen LogP contribution in [0.4, 0.5) is 0 Å². The Hall–Kier alpha value is 0. The smallest absolute Gasteiger partial charge is 0.0533 e. The van der Waals surface area contributed by atoms with E-state index in [0.29, 0.717) is 0 Å².